The van der Waals surface area contributed by atoms with Crippen molar-refractivity contribution in [2.75, 3.05) is 13.1 Å². The Labute approximate surface area is 181 Å². The second-order valence-electron chi connectivity index (χ2n) is 8.01. The number of halogens is 6. The van der Waals surface area contributed by atoms with Crippen LogP contribution in [0.1, 0.15) is 44.2 Å². The molecule has 2 aliphatic rings. The average molecular weight is 468 g/mol. The minimum Gasteiger partial charge on any atom is -0.353 e. The van der Waals surface area contributed by atoms with Gasteiger partial charge in [-0.25, -0.2) is 13.6 Å². The number of urea groups is 1. The quantitative estimate of drug-likeness (QED) is 0.506. The number of rotatable bonds is 3. The molecule has 0 radical (unpaired) electrons. The number of alkyl halides is 3. The first-order valence-electron chi connectivity index (χ1n) is 10.1. The number of benzene rings is 1. The maximum Gasteiger partial charge on any atom is 0.391 e. The van der Waals surface area contributed by atoms with Crippen molar-refractivity contribution >= 4 is 23.5 Å². The number of carbonyl (C=O) groups excluding carboxylic acids is 2. The topological polar surface area (TPSA) is 61.4 Å². The molecule has 1 aliphatic heterocycles. The zero-order valence-electron chi connectivity index (χ0n) is 16.7. The average Bonchev–Trinajstić information content (AvgIpc) is 2.72. The molecule has 2 N–H and O–H groups in total. The van der Waals surface area contributed by atoms with E-state index in [0.29, 0.717) is 0 Å². The fourth-order valence-electron chi connectivity index (χ4n) is 4.29. The summed E-state index contributed by atoms with van der Waals surface area (Å²) < 4.78 is 67.6. The zero-order chi connectivity index (χ0) is 22.9. The number of hydrogen-bond donors (Lipinski definition) is 2. The van der Waals surface area contributed by atoms with Crippen molar-refractivity contribution in [1.82, 2.24) is 15.5 Å². The van der Waals surface area contributed by atoms with Gasteiger partial charge in [0, 0.05) is 18.7 Å². The molecule has 1 aromatic carbocycles. The first kappa shape index (κ1) is 23.6. The normalized spacial score (nSPS) is 25.7. The van der Waals surface area contributed by atoms with Crippen LogP contribution in [0.4, 0.5) is 26.7 Å². The summed E-state index contributed by atoms with van der Waals surface area (Å²) in [5.41, 5.74) is -0.0932. The van der Waals surface area contributed by atoms with Crippen LogP contribution < -0.4 is 10.6 Å². The molecule has 2 fully saturated rings. The molecule has 5 nitrogen and oxygen atoms in total. The second-order valence-corrected chi connectivity index (χ2v) is 8.38. The van der Waals surface area contributed by atoms with Gasteiger partial charge in [-0.2, -0.15) is 13.2 Å². The third kappa shape index (κ3) is 5.05. The molecule has 1 saturated carbocycles. The standard InChI is InChI=1S/C20H23ClF5N3O2/c1-10-18(30)27-8-9-29(10)19(31)28-17(13-6-7-14(22)15(21)16(13)23)11-2-4-12(5-3-11)20(24,25)26/h6-7,10-12,17H,2-5,8-9H2,1H3,(H,27,30)(H,28,31)/t10-,11?,12?,17?/m1/s1. The summed E-state index contributed by atoms with van der Waals surface area (Å²) in [6, 6.07) is -0.332. The lowest BCUT2D eigenvalue weighted by molar-refractivity contribution is -0.184. The number of nitrogens with one attached hydrogen (secondary N) is 2. The van der Waals surface area contributed by atoms with Gasteiger partial charge in [0.2, 0.25) is 5.91 Å². The summed E-state index contributed by atoms with van der Waals surface area (Å²) in [6.07, 6.45) is -4.43. The van der Waals surface area contributed by atoms with Crippen LogP contribution in [0, 0.1) is 23.5 Å². The molecular formula is C20H23ClF5N3O2. The molecule has 2 atom stereocenters. The zero-order valence-corrected chi connectivity index (χ0v) is 17.5. The lowest BCUT2D eigenvalue weighted by Gasteiger charge is -2.38. The van der Waals surface area contributed by atoms with Crippen LogP contribution in [-0.2, 0) is 4.79 Å². The van der Waals surface area contributed by atoms with Gasteiger partial charge in [0.15, 0.2) is 0 Å². The van der Waals surface area contributed by atoms with Gasteiger partial charge in [0.1, 0.15) is 22.7 Å². The van der Waals surface area contributed by atoms with Crippen LogP contribution in [0.5, 0.6) is 0 Å². The third-order valence-electron chi connectivity index (χ3n) is 6.14. The molecule has 0 spiro atoms. The van der Waals surface area contributed by atoms with Crippen LogP contribution in [0.25, 0.3) is 0 Å². The van der Waals surface area contributed by atoms with E-state index in [4.69, 9.17) is 11.6 Å². The van der Waals surface area contributed by atoms with Crippen molar-refractivity contribution in [1.29, 1.82) is 0 Å². The summed E-state index contributed by atoms with van der Waals surface area (Å²) in [5, 5.41) is 4.55. The largest absolute Gasteiger partial charge is 0.391 e. The Morgan fingerprint density at radius 3 is 2.48 bits per heavy atom. The molecule has 1 unspecified atom stereocenters. The van der Waals surface area contributed by atoms with Gasteiger partial charge in [-0.15, -0.1) is 0 Å². The van der Waals surface area contributed by atoms with E-state index in [0.717, 1.165) is 12.1 Å². The van der Waals surface area contributed by atoms with E-state index in [1.54, 1.807) is 0 Å². The Balaban J connectivity index is 1.86. The van der Waals surface area contributed by atoms with Gasteiger partial charge < -0.3 is 15.5 Å². The summed E-state index contributed by atoms with van der Waals surface area (Å²) >= 11 is 5.70. The maximum atomic E-state index is 14.8. The SMILES string of the molecule is C[C@@H]1C(=O)NCCN1C(=O)NC(c1ccc(F)c(Cl)c1F)C1CCC(C(F)(F)F)CC1. The number of piperazine rings is 1. The minimum absolute atomic E-state index is 0.0932. The fraction of sp³-hybridized carbons (Fsp3) is 0.600. The van der Waals surface area contributed by atoms with Gasteiger partial charge in [-0.1, -0.05) is 17.7 Å². The molecule has 3 amide bonds. The Morgan fingerprint density at radius 2 is 1.87 bits per heavy atom. The number of carbonyl (C=O) groups is 2. The van der Waals surface area contributed by atoms with E-state index < -0.39 is 52.8 Å². The van der Waals surface area contributed by atoms with Crippen molar-refractivity contribution in [2.45, 2.75) is 50.9 Å². The summed E-state index contributed by atoms with van der Waals surface area (Å²) in [6.45, 7) is 2.00. The van der Waals surface area contributed by atoms with Crippen LogP contribution in [0.2, 0.25) is 5.02 Å². The van der Waals surface area contributed by atoms with E-state index in [1.807, 2.05) is 0 Å². The summed E-state index contributed by atoms with van der Waals surface area (Å²) in [7, 11) is 0. The van der Waals surface area contributed by atoms with Gasteiger partial charge in [-0.3, -0.25) is 4.79 Å². The van der Waals surface area contributed by atoms with E-state index in [9.17, 15) is 31.5 Å². The highest BCUT2D eigenvalue weighted by Crippen LogP contribution is 2.44. The Hall–Kier alpha value is -2.10. The molecule has 31 heavy (non-hydrogen) atoms. The lowest BCUT2D eigenvalue weighted by atomic mass is 9.76. The molecule has 1 saturated heterocycles. The molecule has 3 rings (SSSR count). The highest BCUT2D eigenvalue weighted by atomic mass is 35.5. The van der Waals surface area contributed by atoms with Gasteiger partial charge in [-0.05, 0) is 44.6 Å². The molecule has 1 aromatic rings. The van der Waals surface area contributed by atoms with Crippen molar-refractivity contribution in [3.63, 3.8) is 0 Å². The van der Waals surface area contributed by atoms with Gasteiger partial charge in [0.25, 0.3) is 0 Å². The summed E-state index contributed by atoms with van der Waals surface area (Å²) in [5.74, 6) is -4.34. The highest BCUT2D eigenvalue weighted by Gasteiger charge is 2.43. The van der Waals surface area contributed by atoms with Crippen molar-refractivity contribution in [3.05, 3.63) is 34.4 Å². The van der Waals surface area contributed by atoms with E-state index >= 15 is 0 Å². The first-order chi connectivity index (χ1) is 14.5. The Bertz CT molecular complexity index is 843. The Morgan fingerprint density at radius 1 is 1.23 bits per heavy atom. The second kappa shape index (κ2) is 9.18. The molecule has 172 valence electrons. The van der Waals surface area contributed by atoms with E-state index in [-0.39, 0.29) is 50.2 Å². The molecular weight excluding hydrogens is 445 g/mol. The maximum absolute atomic E-state index is 14.8. The molecule has 1 heterocycles. The van der Waals surface area contributed by atoms with Gasteiger partial charge in [0.05, 0.1) is 12.0 Å². The van der Waals surface area contributed by atoms with Crippen LogP contribution in [-0.4, -0.2) is 42.1 Å². The number of hydrogen-bond acceptors (Lipinski definition) is 2. The number of amides is 3. The minimum atomic E-state index is -4.31. The number of nitrogens with zero attached hydrogens (tertiary/aromatic N) is 1. The molecule has 0 bridgehead atoms. The van der Waals surface area contributed by atoms with Crippen LogP contribution in [0.15, 0.2) is 12.1 Å². The first-order valence-corrected chi connectivity index (χ1v) is 10.4. The predicted molar refractivity (Wildman–Crippen MR) is 103 cm³/mol. The van der Waals surface area contributed by atoms with Crippen molar-refractivity contribution in [2.24, 2.45) is 11.8 Å². The highest BCUT2D eigenvalue weighted by molar-refractivity contribution is 6.31. The van der Waals surface area contributed by atoms with Crippen molar-refractivity contribution < 1.29 is 31.5 Å². The summed E-state index contributed by atoms with van der Waals surface area (Å²) in [4.78, 5) is 26.0. The van der Waals surface area contributed by atoms with Crippen molar-refractivity contribution in [3.8, 4) is 0 Å². The monoisotopic (exact) mass is 467 g/mol. The Kier molecular flexibility index (Phi) is 6.98. The van der Waals surface area contributed by atoms with Crippen LogP contribution >= 0.6 is 11.6 Å². The van der Waals surface area contributed by atoms with E-state index in [1.165, 1.54) is 11.8 Å². The van der Waals surface area contributed by atoms with E-state index in [2.05, 4.69) is 10.6 Å². The predicted octanol–water partition coefficient (Wildman–Crippen LogP) is 4.56. The smallest absolute Gasteiger partial charge is 0.353 e. The molecule has 11 heteroatoms. The van der Waals surface area contributed by atoms with Gasteiger partial charge >= 0.3 is 12.2 Å². The molecule has 1 aliphatic carbocycles. The van der Waals surface area contributed by atoms with Crippen LogP contribution in [0.3, 0.4) is 0 Å². The fourth-order valence-corrected chi connectivity index (χ4v) is 4.46. The lowest BCUT2D eigenvalue weighted by Crippen LogP contribution is -2.58. The third-order valence-corrected chi connectivity index (χ3v) is 6.49. The molecule has 0 aromatic heterocycles.